The molecule has 0 radical (unpaired) electrons. The maximum absolute atomic E-state index is 12.2. The number of nitrogens with one attached hydrogen (secondary N) is 4. The summed E-state index contributed by atoms with van der Waals surface area (Å²) in [6, 6.07) is 5.38. The molecule has 0 spiro atoms. The van der Waals surface area contributed by atoms with E-state index in [1.54, 1.807) is 32.5 Å². The van der Waals surface area contributed by atoms with Crippen molar-refractivity contribution < 1.29 is 9.53 Å². The third kappa shape index (κ3) is 6.76. The van der Waals surface area contributed by atoms with Crippen LogP contribution in [0.2, 0.25) is 0 Å². The first-order chi connectivity index (χ1) is 17.8. The van der Waals surface area contributed by atoms with Gasteiger partial charge in [0.2, 0.25) is 11.9 Å². The average Bonchev–Trinajstić information content (AvgIpc) is 2.91. The molecule has 0 aliphatic rings. The topological polar surface area (TPSA) is 144 Å². The van der Waals surface area contributed by atoms with E-state index in [2.05, 4.69) is 47.4 Å². The molecule has 0 saturated carbocycles. The van der Waals surface area contributed by atoms with Crippen molar-refractivity contribution in [3.05, 3.63) is 48.9 Å². The van der Waals surface area contributed by atoms with Crippen molar-refractivity contribution in [1.82, 2.24) is 24.8 Å². The average molecular weight is 505 g/mol. The van der Waals surface area contributed by atoms with Crippen LogP contribution in [0.15, 0.2) is 43.4 Å². The summed E-state index contributed by atoms with van der Waals surface area (Å²) in [5.74, 6) is 1.44. The Bertz CT molecular complexity index is 1280. The molecule has 4 N–H and O–H groups in total. The van der Waals surface area contributed by atoms with Crippen molar-refractivity contribution in [2.75, 3.05) is 69.2 Å². The quantitative estimate of drug-likeness (QED) is 0.215. The molecule has 0 saturated heterocycles. The van der Waals surface area contributed by atoms with E-state index in [4.69, 9.17) is 10.1 Å². The number of likely N-dealkylation sites (N-methyl/N-ethyl adjacent to an activating group) is 2. The van der Waals surface area contributed by atoms with Crippen molar-refractivity contribution in [2.45, 2.75) is 0 Å². The number of amides is 1. The van der Waals surface area contributed by atoms with Gasteiger partial charge in [-0.05, 0) is 32.3 Å². The summed E-state index contributed by atoms with van der Waals surface area (Å²) in [5, 5.41) is 16.6. The van der Waals surface area contributed by atoms with Crippen molar-refractivity contribution in [3.8, 4) is 17.1 Å². The Labute approximate surface area is 216 Å². The largest absolute Gasteiger partial charge is 0.494 e. The van der Waals surface area contributed by atoms with Gasteiger partial charge in [0.05, 0.1) is 24.2 Å². The molecule has 0 fully saturated rings. The van der Waals surface area contributed by atoms with Crippen molar-refractivity contribution in [1.29, 1.82) is 5.41 Å². The summed E-state index contributed by atoms with van der Waals surface area (Å²) >= 11 is 0. The molecule has 0 bridgehead atoms. The van der Waals surface area contributed by atoms with Crippen LogP contribution >= 0.6 is 0 Å². The molecule has 194 valence electrons. The number of hydrogen-bond acceptors (Lipinski definition) is 11. The Balaban J connectivity index is 1.98. The molecular weight excluding hydrogens is 472 g/mol. The van der Waals surface area contributed by atoms with Gasteiger partial charge in [0.25, 0.3) is 0 Å². The molecule has 0 aliphatic heterocycles. The number of rotatable bonds is 12. The zero-order valence-electron chi connectivity index (χ0n) is 21.7. The van der Waals surface area contributed by atoms with Crippen LogP contribution in [0.5, 0.6) is 5.75 Å². The SMILES string of the molecule is C=CC(=O)Nc1cc(Nc2ncnc(-c3cnc(NC)c(C=N)c3)n2)c(OC)cc1N(C)CCN(C)C. The fourth-order valence-electron chi connectivity index (χ4n) is 3.44. The van der Waals surface area contributed by atoms with Gasteiger partial charge >= 0.3 is 0 Å². The molecule has 2 aromatic heterocycles. The first-order valence-corrected chi connectivity index (χ1v) is 11.5. The predicted octanol–water partition coefficient (Wildman–Crippen LogP) is 2.85. The first-order valence-electron chi connectivity index (χ1n) is 11.5. The smallest absolute Gasteiger partial charge is 0.247 e. The van der Waals surface area contributed by atoms with E-state index in [0.29, 0.717) is 39.9 Å². The van der Waals surface area contributed by atoms with Crippen molar-refractivity contribution in [2.24, 2.45) is 0 Å². The van der Waals surface area contributed by atoms with Gasteiger partial charge in [-0.25, -0.2) is 15.0 Å². The highest BCUT2D eigenvalue weighted by Crippen LogP contribution is 2.38. The summed E-state index contributed by atoms with van der Waals surface area (Å²) in [7, 11) is 9.26. The lowest BCUT2D eigenvalue weighted by Crippen LogP contribution is -2.29. The molecule has 12 nitrogen and oxygen atoms in total. The monoisotopic (exact) mass is 504 g/mol. The van der Waals surface area contributed by atoms with Crippen molar-refractivity contribution in [3.63, 3.8) is 0 Å². The summed E-state index contributed by atoms with van der Waals surface area (Å²) in [4.78, 5) is 33.6. The second-order valence-corrected chi connectivity index (χ2v) is 8.30. The molecule has 1 aromatic carbocycles. The van der Waals surface area contributed by atoms with Gasteiger partial charge in [-0.2, -0.15) is 4.98 Å². The fourth-order valence-corrected chi connectivity index (χ4v) is 3.44. The molecule has 3 aromatic rings. The number of anilines is 5. The minimum atomic E-state index is -0.333. The molecule has 3 rings (SSSR count). The second kappa shape index (κ2) is 12.4. The normalized spacial score (nSPS) is 10.5. The molecule has 0 aliphatic carbocycles. The number of nitrogens with zero attached hydrogens (tertiary/aromatic N) is 6. The Morgan fingerprint density at radius 2 is 1.92 bits per heavy atom. The number of ether oxygens (including phenoxy) is 1. The molecule has 37 heavy (non-hydrogen) atoms. The zero-order valence-corrected chi connectivity index (χ0v) is 21.7. The molecule has 0 unspecified atom stereocenters. The number of hydrogen-bond donors (Lipinski definition) is 4. The summed E-state index contributed by atoms with van der Waals surface area (Å²) < 4.78 is 5.65. The Morgan fingerprint density at radius 1 is 1.14 bits per heavy atom. The van der Waals surface area contributed by atoms with Gasteiger partial charge < -0.3 is 35.9 Å². The van der Waals surface area contributed by atoms with Crippen LogP contribution in [0.25, 0.3) is 11.4 Å². The number of benzene rings is 1. The fraction of sp³-hybridized carbons (Fsp3) is 0.280. The van der Waals surface area contributed by atoms with Crippen LogP contribution in [0.4, 0.5) is 28.8 Å². The van der Waals surface area contributed by atoms with E-state index in [1.807, 2.05) is 32.1 Å². The van der Waals surface area contributed by atoms with Crippen LogP contribution in [0.1, 0.15) is 5.56 Å². The van der Waals surface area contributed by atoms with E-state index < -0.39 is 0 Å². The molecule has 1 amide bonds. The van der Waals surface area contributed by atoms with Gasteiger partial charge in [-0.15, -0.1) is 0 Å². The Hall–Kier alpha value is -4.58. The van der Waals surface area contributed by atoms with Crippen LogP contribution in [0.3, 0.4) is 0 Å². The minimum Gasteiger partial charge on any atom is -0.494 e. The first kappa shape index (κ1) is 27.0. The predicted molar refractivity (Wildman–Crippen MR) is 147 cm³/mol. The Morgan fingerprint density at radius 3 is 2.57 bits per heavy atom. The highest BCUT2D eigenvalue weighted by Gasteiger charge is 2.17. The maximum atomic E-state index is 12.2. The second-order valence-electron chi connectivity index (χ2n) is 8.30. The zero-order chi connectivity index (χ0) is 26.9. The van der Waals surface area contributed by atoms with Crippen LogP contribution in [-0.2, 0) is 4.79 Å². The molecular formula is C25H32N10O2. The van der Waals surface area contributed by atoms with Gasteiger partial charge in [-0.1, -0.05) is 6.58 Å². The standard InChI is InChI=1S/C25H32N10O2/c1-7-22(36)31-18-11-19(21(37-6)12-20(18)35(5)9-8-34(3)4)32-25-30-15-29-24(33-25)17-10-16(13-26)23(27-2)28-14-17/h7,10-15,26H,1,8-9H2,2-6H3,(H,27,28)(H,31,36)(H,29,30,32,33). The summed E-state index contributed by atoms with van der Waals surface area (Å²) in [6.45, 7) is 5.11. The highest BCUT2D eigenvalue weighted by molar-refractivity contribution is 6.02. The van der Waals surface area contributed by atoms with Crippen molar-refractivity contribution >= 4 is 41.0 Å². The van der Waals surface area contributed by atoms with Crippen LogP contribution in [0, 0.1) is 5.41 Å². The van der Waals surface area contributed by atoms with Gasteiger partial charge in [0, 0.05) is 56.8 Å². The van der Waals surface area contributed by atoms with E-state index >= 15 is 0 Å². The van der Waals surface area contributed by atoms with E-state index in [9.17, 15) is 4.79 Å². The lowest BCUT2D eigenvalue weighted by Gasteiger charge is -2.26. The number of carbonyl (C=O) groups is 1. The summed E-state index contributed by atoms with van der Waals surface area (Å²) in [6.07, 6.45) is 5.44. The molecule has 12 heteroatoms. The van der Waals surface area contributed by atoms with Crippen LogP contribution < -0.4 is 25.6 Å². The number of aromatic nitrogens is 4. The lowest BCUT2D eigenvalue weighted by molar-refractivity contribution is -0.111. The number of methoxy groups -OCH3 is 1. The number of pyridine rings is 1. The maximum Gasteiger partial charge on any atom is 0.247 e. The van der Waals surface area contributed by atoms with Gasteiger partial charge in [0.1, 0.15) is 17.9 Å². The highest BCUT2D eigenvalue weighted by atomic mass is 16.5. The van der Waals surface area contributed by atoms with E-state index in [1.165, 1.54) is 18.6 Å². The molecule has 2 heterocycles. The van der Waals surface area contributed by atoms with Crippen LogP contribution in [-0.4, -0.2) is 85.3 Å². The third-order valence-electron chi connectivity index (χ3n) is 5.44. The molecule has 0 atom stereocenters. The minimum absolute atomic E-state index is 0.270. The lowest BCUT2D eigenvalue weighted by atomic mass is 10.2. The van der Waals surface area contributed by atoms with E-state index in [-0.39, 0.29) is 11.9 Å². The van der Waals surface area contributed by atoms with E-state index in [0.717, 1.165) is 18.8 Å². The van der Waals surface area contributed by atoms with Gasteiger partial charge in [0.15, 0.2) is 5.82 Å². The van der Waals surface area contributed by atoms with Gasteiger partial charge in [-0.3, -0.25) is 4.79 Å². The number of carbonyl (C=O) groups excluding carboxylic acids is 1. The third-order valence-corrected chi connectivity index (χ3v) is 5.44. The summed E-state index contributed by atoms with van der Waals surface area (Å²) in [5.41, 5.74) is 3.14. The Kier molecular flexibility index (Phi) is 9.05.